The highest BCUT2D eigenvalue weighted by Gasteiger charge is 2.25. The third-order valence-electron chi connectivity index (χ3n) is 3.50. The van der Waals surface area contributed by atoms with E-state index in [4.69, 9.17) is 5.73 Å². The van der Waals surface area contributed by atoms with Crippen molar-refractivity contribution in [3.8, 4) is 0 Å². The van der Waals surface area contributed by atoms with Crippen molar-refractivity contribution >= 4 is 18.0 Å². The number of aliphatic imine (C=N–C) groups is 1. The van der Waals surface area contributed by atoms with E-state index in [1.165, 1.54) is 0 Å². The van der Waals surface area contributed by atoms with Crippen LogP contribution in [0.4, 0.5) is 0 Å². The van der Waals surface area contributed by atoms with Gasteiger partial charge in [-0.2, -0.15) is 0 Å². The van der Waals surface area contributed by atoms with Gasteiger partial charge in [0.05, 0.1) is 0 Å². The summed E-state index contributed by atoms with van der Waals surface area (Å²) in [6.07, 6.45) is 4.46. The van der Waals surface area contributed by atoms with Crippen LogP contribution in [-0.2, 0) is 9.59 Å². The minimum absolute atomic E-state index is 0.0164. The highest BCUT2D eigenvalue weighted by atomic mass is 16.2. The Bertz CT molecular complexity index is 364. The monoisotopic (exact) mass is 282 g/mol. The molecule has 1 saturated heterocycles. The van der Waals surface area contributed by atoms with Gasteiger partial charge in [0.25, 0.3) is 0 Å². The zero-order chi connectivity index (χ0) is 15.1. The fourth-order valence-electron chi connectivity index (χ4n) is 2.02. The minimum atomic E-state index is -0.526. The van der Waals surface area contributed by atoms with Gasteiger partial charge in [-0.1, -0.05) is 6.92 Å². The molecule has 0 aromatic carbocycles. The number of carbonyl (C=O) groups excluding carboxylic acids is 2. The molecule has 1 rings (SSSR count). The van der Waals surface area contributed by atoms with Crippen LogP contribution in [-0.4, -0.2) is 54.1 Å². The van der Waals surface area contributed by atoms with Crippen LogP contribution in [0.2, 0.25) is 0 Å². The summed E-state index contributed by atoms with van der Waals surface area (Å²) in [6.45, 7) is 6.95. The molecule has 0 bridgehead atoms. The number of rotatable bonds is 6. The van der Waals surface area contributed by atoms with E-state index in [0.717, 1.165) is 32.4 Å². The molecule has 3 unspecified atom stereocenters. The first kappa shape index (κ1) is 16.6. The maximum Gasteiger partial charge on any atom is 0.245 e. The third kappa shape index (κ3) is 4.92. The number of hydrogen-bond acceptors (Lipinski definition) is 4. The molecule has 114 valence electrons. The molecule has 1 heterocycles. The standard InChI is InChI=1S/C14H26N4O2/c1-4-12(15)9-16-10(2)13(19)17-11(3)14(20)18-7-5-6-8-18/h9-12H,4-8,15H2,1-3H3,(H,17,19)/b16-9+. The van der Waals surface area contributed by atoms with Gasteiger partial charge in [0.1, 0.15) is 12.1 Å². The molecule has 0 saturated carbocycles. The summed E-state index contributed by atoms with van der Waals surface area (Å²) in [5.41, 5.74) is 5.71. The Labute approximate surface area is 120 Å². The van der Waals surface area contributed by atoms with Crippen molar-refractivity contribution in [3.63, 3.8) is 0 Å². The maximum atomic E-state index is 12.1. The molecule has 3 atom stereocenters. The number of amides is 2. The van der Waals surface area contributed by atoms with Crippen molar-refractivity contribution in [2.45, 2.75) is 58.2 Å². The van der Waals surface area contributed by atoms with Gasteiger partial charge in [0.2, 0.25) is 11.8 Å². The summed E-state index contributed by atoms with van der Waals surface area (Å²) in [7, 11) is 0. The average Bonchev–Trinajstić information content (AvgIpc) is 2.97. The molecule has 1 aliphatic rings. The molecule has 2 amide bonds. The zero-order valence-corrected chi connectivity index (χ0v) is 12.6. The first-order valence-electron chi connectivity index (χ1n) is 7.33. The van der Waals surface area contributed by atoms with Crippen molar-refractivity contribution in [2.75, 3.05) is 13.1 Å². The van der Waals surface area contributed by atoms with Crippen molar-refractivity contribution in [2.24, 2.45) is 10.7 Å². The molecule has 20 heavy (non-hydrogen) atoms. The lowest BCUT2D eigenvalue weighted by atomic mass is 10.2. The van der Waals surface area contributed by atoms with Gasteiger partial charge < -0.3 is 16.0 Å². The molecule has 0 spiro atoms. The van der Waals surface area contributed by atoms with Gasteiger partial charge in [-0.15, -0.1) is 0 Å². The lowest BCUT2D eigenvalue weighted by Crippen LogP contribution is -2.48. The fraction of sp³-hybridized carbons (Fsp3) is 0.786. The topological polar surface area (TPSA) is 87.8 Å². The molecule has 1 aliphatic heterocycles. The number of nitrogens with two attached hydrogens (primary N) is 1. The number of nitrogens with one attached hydrogen (secondary N) is 1. The Kier molecular flexibility index (Phi) is 6.64. The summed E-state index contributed by atoms with van der Waals surface area (Å²) >= 11 is 0. The summed E-state index contributed by atoms with van der Waals surface area (Å²) < 4.78 is 0. The van der Waals surface area contributed by atoms with E-state index in [1.54, 1.807) is 25.0 Å². The van der Waals surface area contributed by atoms with Gasteiger partial charge in [0.15, 0.2) is 0 Å². The van der Waals surface area contributed by atoms with Crippen LogP contribution in [0.15, 0.2) is 4.99 Å². The van der Waals surface area contributed by atoms with Crippen LogP contribution in [0.25, 0.3) is 0 Å². The van der Waals surface area contributed by atoms with Crippen LogP contribution in [0.5, 0.6) is 0 Å². The van der Waals surface area contributed by atoms with E-state index in [1.807, 2.05) is 6.92 Å². The van der Waals surface area contributed by atoms with Crippen LogP contribution in [0.1, 0.15) is 40.0 Å². The lowest BCUT2D eigenvalue weighted by molar-refractivity contribution is -0.135. The van der Waals surface area contributed by atoms with E-state index in [9.17, 15) is 9.59 Å². The number of hydrogen-bond donors (Lipinski definition) is 2. The van der Waals surface area contributed by atoms with E-state index in [0.29, 0.717) is 0 Å². The minimum Gasteiger partial charge on any atom is -0.343 e. The van der Waals surface area contributed by atoms with Crippen LogP contribution >= 0.6 is 0 Å². The van der Waals surface area contributed by atoms with Gasteiger partial charge >= 0.3 is 0 Å². The van der Waals surface area contributed by atoms with Crippen molar-refractivity contribution in [1.29, 1.82) is 0 Å². The molecule has 1 fully saturated rings. The number of carbonyl (C=O) groups is 2. The maximum absolute atomic E-state index is 12.1. The molecule has 6 nitrogen and oxygen atoms in total. The molecule has 0 aliphatic carbocycles. The third-order valence-corrected chi connectivity index (χ3v) is 3.50. The summed E-state index contributed by atoms with van der Waals surface area (Å²) in [5, 5.41) is 2.71. The van der Waals surface area contributed by atoms with Crippen molar-refractivity contribution in [3.05, 3.63) is 0 Å². The first-order chi connectivity index (χ1) is 9.45. The predicted octanol–water partition coefficient (Wildman–Crippen LogP) is 0.310. The van der Waals surface area contributed by atoms with Crippen molar-refractivity contribution < 1.29 is 9.59 Å². The molecule has 6 heteroatoms. The smallest absolute Gasteiger partial charge is 0.245 e. The molecule has 0 radical (unpaired) electrons. The lowest BCUT2D eigenvalue weighted by Gasteiger charge is -2.21. The predicted molar refractivity (Wildman–Crippen MR) is 79.6 cm³/mol. The van der Waals surface area contributed by atoms with Crippen LogP contribution < -0.4 is 11.1 Å². The largest absolute Gasteiger partial charge is 0.343 e. The average molecular weight is 282 g/mol. The quantitative estimate of drug-likeness (QED) is 0.687. The Morgan fingerprint density at radius 2 is 1.95 bits per heavy atom. The zero-order valence-electron chi connectivity index (χ0n) is 12.6. The van der Waals surface area contributed by atoms with Gasteiger partial charge in [-0.05, 0) is 33.1 Å². The van der Waals surface area contributed by atoms with E-state index in [2.05, 4.69) is 10.3 Å². The van der Waals surface area contributed by atoms with E-state index >= 15 is 0 Å². The summed E-state index contributed by atoms with van der Waals surface area (Å²) in [5.74, 6) is -0.262. The first-order valence-corrected chi connectivity index (χ1v) is 7.33. The number of likely N-dealkylation sites (tertiary alicyclic amines) is 1. The number of nitrogens with zero attached hydrogens (tertiary/aromatic N) is 2. The molecular weight excluding hydrogens is 256 g/mol. The normalized spacial score (nSPS) is 19.9. The SMILES string of the molecule is CCC(N)/C=N/C(C)C(=O)NC(C)C(=O)N1CCCC1. The second-order valence-electron chi connectivity index (χ2n) is 5.31. The second-order valence-corrected chi connectivity index (χ2v) is 5.31. The Balaban J connectivity index is 2.43. The second kappa shape index (κ2) is 7.99. The highest BCUT2D eigenvalue weighted by molar-refractivity contribution is 5.90. The molecule has 0 aromatic rings. The summed E-state index contributed by atoms with van der Waals surface area (Å²) in [4.78, 5) is 29.9. The van der Waals surface area contributed by atoms with Gasteiger partial charge in [-0.3, -0.25) is 14.6 Å². The Morgan fingerprint density at radius 3 is 2.50 bits per heavy atom. The van der Waals surface area contributed by atoms with E-state index in [-0.39, 0.29) is 17.9 Å². The molecule has 3 N–H and O–H groups in total. The fourth-order valence-corrected chi connectivity index (χ4v) is 2.02. The van der Waals surface area contributed by atoms with Crippen LogP contribution in [0.3, 0.4) is 0 Å². The van der Waals surface area contributed by atoms with E-state index < -0.39 is 12.1 Å². The Morgan fingerprint density at radius 1 is 1.35 bits per heavy atom. The summed E-state index contributed by atoms with van der Waals surface area (Å²) in [6, 6.07) is -1.16. The highest BCUT2D eigenvalue weighted by Crippen LogP contribution is 2.09. The van der Waals surface area contributed by atoms with Gasteiger partial charge in [-0.25, -0.2) is 0 Å². The molecular formula is C14H26N4O2. The Hall–Kier alpha value is -1.43. The van der Waals surface area contributed by atoms with Crippen LogP contribution in [0, 0.1) is 0 Å². The van der Waals surface area contributed by atoms with Crippen molar-refractivity contribution in [1.82, 2.24) is 10.2 Å². The molecule has 0 aromatic heterocycles. The van der Waals surface area contributed by atoms with Gasteiger partial charge in [0, 0.05) is 25.3 Å².